The highest BCUT2D eigenvalue weighted by Gasteiger charge is 2.12. The molecule has 0 spiro atoms. The van der Waals surface area contributed by atoms with E-state index in [-0.39, 0.29) is 11.7 Å². The van der Waals surface area contributed by atoms with Crippen LogP contribution in [0.15, 0.2) is 47.6 Å². The van der Waals surface area contributed by atoms with Crippen LogP contribution in [-0.4, -0.2) is 26.4 Å². The number of aryl methyl sites for hydroxylation is 2. The standard InChI is InChI=1S/C20H21ClN4O2S/c1-13-5-4-6-16(9-13)27-11-18-23-24-20(25(18)3)28-12-19(26)22-15-8-7-14(2)17(21)10-15/h4-10H,11-12H2,1-3H3,(H,22,26). The van der Waals surface area contributed by atoms with Gasteiger partial charge in [-0.3, -0.25) is 4.79 Å². The molecule has 0 atom stereocenters. The van der Waals surface area contributed by atoms with Gasteiger partial charge in [-0.15, -0.1) is 10.2 Å². The molecular weight excluding hydrogens is 396 g/mol. The van der Waals surface area contributed by atoms with Crippen molar-refractivity contribution in [1.29, 1.82) is 0 Å². The van der Waals surface area contributed by atoms with Crippen LogP contribution in [0.25, 0.3) is 0 Å². The number of benzene rings is 2. The van der Waals surface area contributed by atoms with Crippen molar-refractivity contribution < 1.29 is 9.53 Å². The Labute approximate surface area is 173 Å². The first-order valence-electron chi connectivity index (χ1n) is 8.69. The first-order chi connectivity index (χ1) is 13.4. The maximum absolute atomic E-state index is 12.2. The molecule has 0 bridgehead atoms. The van der Waals surface area contributed by atoms with Crippen molar-refractivity contribution in [3.63, 3.8) is 0 Å². The van der Waals surface area contributed by atoms with Gasteiger partial charge in [0.15, 0.2) is 11.0 Å². The molecule has 1 N–H and O–H groups in total. The third-order valence-corrected chi connectivity index (χ3v) is 5.50. The number of hydrogen-bond donors (Lipinski definition) is 1. The lowest BCUT2D eigenvalue weighted by Gasteiger charge is -2.08. The molecule has 1 amide bonds. The van der Waals surface area contributed by atoms with E-state index in [4.69, 9.17) is 16.3 Å². The molecule has 0 fully saturated rings. The molecule has 0 radical (unpaired) electrons. The average Bonchev–Trinajstić information content (AvgIpc) is 3.01. The maximum atomic E-state index is 12.2. The Kier molecular flexibility index (Phi) is 6.59. The third kappa shape index (κ3) is 5.27. The lowest BCUT2D eigenvalue weighted by atomic mass is 10.2. The lowest BCUT2D eigenvalue weighted by molar-refractivity contribution is -0.113. The van der Waals surface area contributed by atoms with E-state index in [1.165, 1.54) is 11.8 Å². The van der Waals surface area contributed by atoms with Gasteiger partial charge in [0, 0.05) is 17.8 Å². The number of aromatic nitrogens is 3. The van der Waals surface area contributed by atoms with Crippen molar-refractivity contribution >= 4 is 35.0 Å². The molecule has 8 heteroatoms. The normalized spacial score (nSPS) is 10.7. The summed E-state index contributed by atoms with van der Waals surface area (Å²) in [5.74, 6) is 1.56. The van der Waals surface area contributed by atoms with Crippen LogP contribution >= 0.6 is 23.4 Å². The molecule has 0 aliphatic heterocycles. The van der Waals surface area contributed by atoms with Crippen molar-refractivity contribution in [2.24, 2.45) is 7.05 Å². The van der Waals surface area contributed by atoms with Crippen LogP contribution in [0.1, 0.15) is 17.0 Å². The zero-order valence-corrected chi connectivity index (χ0v) is 17.5. The van der Waals surface area contributed by atoms with Gasteiger partial charge in [-0.2, -0.15) is 0 Å². The zero-order valence-electron chi connectivity index (χ0n) is 15.9. The fourth-order valence-electron chi connectivity index (χ4n) is 2.45. The summed E-state index contributed by atoms with van der Waals surface area (Å²) in [4.78, 5) is 12.2. The first-order valence-corrected chi connectivity index (χ1v) is 10.1. The van der Waals surface area contributed by atoms with Gasteiger partial charge >= 0.3 is 0 Å². The van der Waals surface area contributed by atoms with E-state index in [1.54, 1.807) is 6.07 Å². The number of halogens is 1. The number of nitrogens with one attached hydrogen (secondary N) is 1. The number of amides is 1. The summed E-state index contributed by atoms with van der Waals surface area (Å²) in [5.41, 5.74) is 2.77. The van der Waals surface area contributed by atoms with Crippen LogP contribution < -0.4 is 10.1 Å². The smallest absolute Gasteiger partial charge is 0.234 e. The quantitative estimate of drug-likeness (QED) is 0.578. The highest BCUT2D eigenvalue weighted by Crippen LogP contribution is 2.21. The summed E-state index contributed by atoms with van der Waals surface area (Å²) >= 11 is 7.40. The molecule has 28 heavy (non-hydrogen) atoms. The third-order valence-electron chi connectivity index (χ3n) is 4.07. The van der Waals surface area contributed by atoms with Crippen LogP contribution in [0.5, 0.6) is 5.75 Å². The monoisotopic (exact) mass is 416 g/mol. The van der Waals surface area contributed by atoms with E-state index < -0.39 is 0 Å². The minimum Gasteiger partial charge on any atom is -0.486 e. The van der Waals surface area contributed by atoms with Gasteiger partial charge in [0.2, 0.25) is 5.91 Å². The largest absolute Gasteiger partial charge is 0.486 e. The molecule has 1 aromatic heterocycles. The summed E-state index contributed by atoms with van der Waals surface area (Å²) in [6.45, 7) is 4.24. The number of carbonyl (C=O) groups is 1. The van der Waals surface area contributed by atoms with Gasteiger partial charge in [0.05, 0.1) is 5.75 Å². The Morgan fingerprint density at radius 2 is 2.04 bits per heavy atom. The van der Waals surface area contributed by atoms with E-state index in [2.05, 4.69) is 15.5 Å². The number of rotatable bonds is 7. The Morgan fingerprint density at radius 1 is 1.21 bits per heavy atom. The maximum Gasteiger partial charge on any atom is 0.234 e. The van der Waals surface area contributed by atoms with E-state index >= 15 is 0 Å². The second kappa shape index (κ2) is 9.12. The number of hydrogen-bond acceptors (Lipinski definition) is 5. The van der Waals surface area contributed by atoms with E-state index in [1.807, 2.05) is 61.9 Å². The van der Waals surface area contributed by atoms with Crippen LogP contribution in [0.4, 0.5) is 5.69 Å². The van der Waals surface area contributed by atoms with Crippen LogP contribution in [0.3, 0.4) is 0 Å². The summed E-state index contributed by atoms with van der Waals surface area (Å²) < 4.78 is 7.60. The van der Waals surface area contributed by atoms with Crippen LogP contribution in [-0.2, 0) is 18.4 Å². The molecule has 0 saturated carbocycles. The molecule has 0 aliphatic rings. The fraction of sp³-hybridized carbons (Fsp3) is 0.250. The SMILES string of the molecule is Cc1cccc(OCc2nnc(SCC(=O)Nc3ccc(C)c(Cl)c3)n2C)c1. The summed E-state index contributed by atoms with van der Waals surface area (Å²) in [7, 11) is 1.86. The second-order valence-electron chi connectivity index (χ2n) is 6.36. The molecule has 0 unspecified atom stereocenters. The number of thioether (sulfide) groups is 1. The minimum atomic E-state index is -0.134. The van der Waals surface area contributed by atoms with Crippen molar-refractivity contribution in [1.82, 2.24) is 14.8 Å². The summed E-state index contributed by atoms with van der Waals surface area (Å²) in [5, 5.41) is 12.4. The molecule has 1 heterocycles. The molecule has 0 aliphatic carbocycles. The number of nitrogens with zero attached hydrogens (tertiary/aromatic N) is 3. The van der Waals surface area contributed by atoms with Crippen LogP contribution in [0.2, 0.25) is 5.02 Å². The molecular formula is C20H21ClN4O2S. The van der Waals surface area contributed by atoms with E-state index in [0.717, 1.165) is 16.9 Å². The van der Waals surface area contributed by atoms with Gasteiger partial charge in [0.1, 0.15) is 12.4 Å². The number of ether oxygens (including phenoxy) is 1. The topological polar surface area (TPSA) is 69.0 Å². The predicted octanol–water partition coefficient (Wildman–Crippen LogP) is 4.40. The van der Waals surface area contributed by atoms with Crippen LogP contribution in [0, 0.1) is 13.8 Å². The van der Waals surface area contributed by atoms with Gasteiger partial charge in [0.25, 0.3) is 0 Å². The van der Waals surface area contributed by atoms with Crippen molar-refractivity contribution in [3.05, 3.63) is 64.4 Å². The highest BCUT2D eigenvalue weighted by molar-refractivity contribution is 7.99. The number of carbonyl (C=O) groups excluding carboxylic acids is 1. The van der Waals surface area contributed by atoms with Gasteiger partial charge in [-0.25, -0.2) is 0 Å². The second-order valence-corrected chi connectivity index (χ2v) is 7.71. The Hall–Kier alpha value is -2.51. The Morgan fingerprint density at radius 3 is 2.79 bits per heavy atom. The van der Waals surface area contributed by atoms with E-state index in [0.29, 0.717) is 28.3 Å². The molecule has 3 rings (SSSR count). The molecule has 146 valence electrons. The Bertz CT molecular complexity index is 990. The van der Waals surface area contributed by atoms with Crippen molar-refractivity contribution in [3.8, 4) is 5.75 Å². The number of anilines is 1. The van der Waals surface area contributed by atoms with Gasteiger partial charge in [-0.05, 0) is 49.2 Å². The predicted molar refractivity (Wildman–Crippen MR) is 112 cm³/mol. The summed E-state index contributed by atoms with van der Waals surface area (Å²) in [6.07, 6.45) is 0. The lowest BCUT2D eigenvalue weighted by Crippen LogP contribution is -2.14. The average molecular weight is 417 g/mol. The highest BCUT2D eigenvalue weighted by atomic mass is 35.5. The Balaban J connectivity index is 1.53. The van der Waals surface area contributed by atoms with E-state index in [9.17, 15) is 4.79 Å². The summed E-state index contributed by atoms with van der Waals surface area (Å²) in [6, 6.07) is 13.3. The van der Waals surface area contributed by atoms with Gasteiger partial charge in [-0.1, -0.05) is 41.6 Å². The zero-order chi connectivity index (χ0) is 20.1. The molecule has 2 aromatic carbocycles. The van der Waals surface area contributed by atoms with Gasteiger partial charge < -0.3 is 14.6 Å². The minimum absolute atomic E-state index is 0.134. The molecule has 3 aromatic rings. The fourth-order valence-corrected chi connectivity index (χ4v) is 3.36. The molecule has 6 nitrogen and oxygen atoms in total. The van der Waals surface area contributed by atoms with Crippen molar-refractivity contribution in [2.45, 2.75) is 25.6 Å². The molecule has 0 saturated heterocycles. The van der Waals surface area contributed by atoms with Crippen molar-refractivity contribution in [2.75, 3.05) is 11.1 Å². The first kappa shape index (κ1) is 20.2.